The van der Waals surface area contributed by atoms with E-state index >= 15 is 0 Å². The predicted octanol–water partition coefficient (Wildman–Crippen LogP) is 2.06. The lowest BCUT2D eigenvalue weighted by atomic mass is 10.3. The van der Waals surface area contributed by atoms with E-state index in [1.165, 1.54) is 24.3 Å². The number of rotatable bonds is 8. The highest BCUT2D eigenvalue weighted by atomic mass is 32.2. The lowest BCUT2D eigenvalue weighted by Gasteiger charge is -2.14. The summed E-state index contributed by atoms with van der Waals surface area (Å²) in [6.45, 7) is 0. The molecule has 27 heavy (non-hydrogen) atoms. The summed E-state index contributed by atoms with van der Waals surface area (Å²) in [5, 5.41) is 0. The number of anilines is 1. The Morgan fingerprint density at radius 3 is 2.15 bits per heavy atom. The molecule has 146 valence electrons. The summed E-state index contributed by atoms with van der Waals surface area (Å²) in [4.78, 5) is 9.48. The van der Waals surface area contributed by atoms with Crippen LogP contribution in [-0.2, 0) is 24.7 Å². The number of carbonyl (C=O) groups excluding carboxylic acids is 1. The van der Waals surface area contributed by atoms with Gasteiger partial charge in [-0.1, -0.05) is 24.3 Å². The Hall–Kier alpha value is -2.18. The van der Waals surface area contributed by atoms with Crippen LogP contribution in [0.15, 0.2) is 63.2 Å². The molecule has 0 spiro atoms. The summed E-state index contributed by atoms with van der Waals surface area (Å²) in [5.41, 5.74) is 5.12. The SMILES string of the molecule is NC(=O)CSc1ccccc1NS(=O)(=O)c1ccccc1S(=O)(=O)C(F)F. The van der Waals surface area contributed by atoms with Gasteiger partial charge in [-0.25, -0.2) is 16.8 Å². The number of halogens is 2. The van der Waals surface area contributed by atoms with Crippen LogP contribution in [0.4, 0.5) is 14.5 Å². The molecule has 0 saturated carbocycles. The number of benzene rings is 2. The first-order chi connectivity index (χ1) is 12.6. The Morgan fingerprint density at radius 2 is 1.56 bits per heavy atom. The third kappa shape index (κ3) is 4.96. The van der Waals surface area contributed by atoms with E-state index in [2.05, 4.69) is 4.72 Å². The lowest BCUT2D eigenvalue weighted by Crippen LogP contribution is -2.20. The number of hydrogen-bond donors (Lipinski definition) is 2. The predicted molar refractivity (Wildman–Crippen MR) is 96.8 cm³/mol. The summed E-state index contributed by atoms with van der Waals surface area (Å²) in [7, 11) is -9.65. The highest BCUT2D eigenvalue weighted by molar-refractivity contribution is 8.00. The molecule has 2 aromatic carbocycles. The molecule has 0 heterocycles. The zero-order valence-electron chi connectivity index (χ0n) is 13.5. The van der Waals surface area contributed by atoms with Gasteiger partial charge in [0.2, 0.25) is 15.7 Å². The van der Waals surface area contributed by atoms with Crippen molar-refractivity contribution in [3.8, 4) is 0 Å². The quantitative estimate of drug-likeness (QED) is 0.611. The van der Waals surface area contributed by atoms with Gasteiger partial charge in [0.25, 0.3) is 10.0 Å². The Morgan fingerprint density at radius 1 is 1.00 bits per heavy atom. The highest BCUT2D eigenvalue weighted by Crippen LogP contribution is 2.31. The molecule has 1 amide bonds. The smallest absolute Gasteiger partial charge is 0.341 e. The van der Waals surface area contributed by atoms with Gasteiger partial charge in [0, 0.05) is 4.90 Å². The number of sulfone groups is 1. The van der Waals surface area contributed by atoms with E-state index in [1.54, 1.807) is 6.07 Å². The van der Waals surface area contributed by atoms with E-state index in [1.807, 2.05) is 0 Å². The number of hydrogen-bond acceptors (Lipinski definition) is 6. The van der Waals surface area contributed by atoms with E-state index in [0.29, 0.717) is 4.90 Å². The number of para-hydroxylation sites is 1. The molecule has 0 radical (unpaired) electrons. The molecule has 0 atom stereocenters. The minimum atomic E-state index is -5.13. The number of sulfonamides is 1. The standard InChI is InChI=1S/C15H14F2N2O5S3/c16-15(17)26(21,22)12-7-3-4-8-13(12)27(23,24)19-10-5-1-2-6-11(10)25-9-14(18)20/h1-8,15,19H,9H2,(H2,18,20). The van der Waals surface area contributed by atoms with E-state index in [-0.39, 0.29) is 11.4 Å². The molecular formula is C15H14F2N2O5S3. The average molecular weight is 436 g/mol. The van der Waals surface area contributed by atoms with E-state index in [0.717, 1.165) is 30.0 Å². The first-order valence-corrected chi connectivity index (χ1v) is 11.2. The molecule has 7 nitrogen and oxygen atoms in total. The minimum Gasteiger partial charge on any atom is -0.369 e. The third-order valence-electron chi connectivity index (χ3n) is 3.18. The number of primary amides is 1. The zero-order valence-corrected chi connectivity index (χ0v) is 16.0. The zero-order chi connectivity index (χ0) is 20.2. The van der Waals surface area contributed by atoms with Gasteiger partial charge in [-0.15, -0.1) is 11.8 Å². The number of nitrogens with one attached hydrogen (secondary N) is 1. The van der Waals surface area contributed by atoms with Crippen molar-refractivity contribution < 1.29 is 30.4 Å². The Balaban J connectivity index is 2.47. The summed E-state index contributed by atoms with van der Waals surface area (Å²) >= 11 is 0.966. The lowest BCUT2D eigenvalue weighted by molar-refractivity contribution is -0.115. The molecule has 0 aromatic heterocycles. The van der Waals surface area contributed by atoms with Gasteiger partial charge in [-0.3, -0.25) is 9.52 Å². The van der Waals surface area contributed by atoms with E-state index < -0.39 is 41.3 Å². The van der Waals surface area contributed by atoms with Crippen molar-refractivity contribution in [2.75, 3.05) is 10.5 Å². The van der Waals surface area contributed by atoms with Gasteiger partial charge >= 0.3 is 5.76 Å². The molecule has 0 aliphatic carbocycles. The fourth-order valence-corrected chi connectivity index (χ4v) is 5.49. The van der Waals surface area contributed by atoms with Crippen LogP contribution < -0.4 is 10.5 Å². The molecule has 2 aromatic rings. The average Bonchev–Trinajstić information content (AvgIpc) is 2.60. The van der Waals surface area contributed by atoms with Crippen LogP contribution in [0.5, 0.6) is 0 Å². The molecule has 0 bridgehead atoms. The third-order valence-corrected chi connectivity index (χ3v) is 7.27. The molecule has 0 unspecified atom stereocenters. The molecular weight excluding hydrogens is 422 g/mol. The Kier molecular flexibility index (Phi) is 6.44. The van der Waals surface area contributed by atoms with Crippen LogP contribution in [0.25, 0.3) is 0 Å². The molecule has 3 N–H and O–H groups in total. The van der Waals surface area contributed by atoms with Crippen molar-refractivity contribution in [3.05, 3.63) is 48.5 Å². The van der Waals surface area contributed by atoms with Crippen LogP contribution in [0, 0.1) is 0 Å². The second-order valence-electron chi connectivity index (χ2n) is 5.11. The first-order valence-electron chi connectivity index (χ1n) is 7.20. The fourth-order valence-electron chi connectivity index (χ4n) is 2.03. The number of nitrogens with two attached hydrogens (primary N) is 1. The van der Waals surface area contributed by atoms with Crippen molar-refractivity contribution >= 4 is 43.2 Å². The van der Waals surface area contributed by atoms with Gasteiger partial charge in [-0.05, 0) is 24.3 Å². The van der Waals surface area contributed by atoms with Crippen molar-refractivity contribution in [1.82, 2.24) is 0 Å². The minimum absolute atomic E-state index is 0.0491. The van der Waals surface area contributed by atoms with Crippen molar-refractivity contribution in [2.24, 2.45) is 5.73 Å². The summed E-state index contributed by atoms with van der Waals surface area (Å²) in [6, 6.07) is 10.1. The van der Waals surface area contributed by atoms with Crippen LogP contribution >= 0.6 is 11.8 Å². The molecule has 0 aliphatic rings. The normalized spacial score (nSPS) is 12.1. The monoisotopic (exact) mass is 436 g/mol. The van der Waals surface area contributed by atoms with Crippen LogP contribution in [0.3, 0.4) is 0 Å². The Bertz CT molecular complexity index is 1060. The number of alkyl halides is 2. The summed E-state index contributed by atoms with van der Waals surface area (Å²) < 4.78 is 76.9. The van der Waals surface area contributed by atoms with Gasteiger partial charge in [0.15, 0.2) is 0 Å². The molecule has 0 aliphatic heterocycles. The molecule has 0 saturated heterocycles. The number of thioether (sulfide) groups is 1. The van der Waals surface area contributed by atoms with Crippen LogP contribution in [0.2, 0.25) is 0 Å². The first kappa shape index (κ1) is 21.1. The second kappa shape index (κ2) is 8.23. The largest absolute Gasteiger partial charge is 0.369 e. The maximum absolute atomic E-state index is 12.9. The van der Waals surface area contributed by atoms with Crippen molar-refractivity contribution in [3.63, 3.8) is 0 Å². The summed E-state index contributed by atoms with van der Waals surface area (Å²) in [5.74, 6) is -4.51. The van der Waals surface area contributed by atoms with Crippen LogP contribution in [0.1, 0.15) is 0 Å². The van der Waals surface area contributed by atoms with E-state index in [4.69, 9.17) is 5.73 Å². The maximum Gasteiger partial charge on any atom is 0.341 e. The maximum atomic E-state index is 12.9. The van der Waals surface area contributed by atoms with Gasteiger partial charge in [0.05, 0.1) is 16.3 Å². The van der Waals surface area contributed by atoms with Crippen molar-refractivity contribution in [1.29, 1.82) is 0 Å². The van der Waals surface area contributed by atoms with Crippen molar-refractivity contribution in [2.45, 2.75) is 20.4 Å². The highest BCUT2D eigenvalue weighted by Gasteiger charge is 2.33. The fraction of sp³-hybridized carbons (Fsp3) is 0.133. The molecule has 2 rings (SSSR count). The second-order valence-corrected chi connectivity index (χ2v) is 9.66. The molecule has 12 heteroatoms. The summed E-state index contributed by atoms with van der Waals surface area (Å²) in [6.07, 6.45) is 0. The Labute approximate surface area is 158 Å². The van der Waals surface area contributed by atoms with Gasteiger partial charge in [0.1, 0.15) is 4.90 Å². The van der Waals surface area contributed by atoms with Gasteiger partial charge < -0.3 is 5.73 Å². The van der Waals surface area contributed by atoms with E-state index in [9.17, 15) is 30.4 Å². The van der Waals surface area contributed by atoms with Gasteiger partial charge in [-0.2, -0.15) is 8.78 Å². The number of amides is 1. The van der Waals surface area contributed by atoms with Crippen LogP contribution in [-0.4, -0.2) is 34.3 Å². The number of carbonyl (C=O) groups is 1. The topological polar surface area (TPSA) is 123 Å². The molecule has 0 fully saturated rings.